The van der Waals surface area contributed by atoms with Gasteiger partial charge in [0.25, 0.3) is 0 Å². The topological polar surface area (TPSA) is 135 Å². The molecule has 0 radical (unpaired) electrons. The van der Waals surface area contributed by atoms with Crippen molar-refractivity contribution >= 4 is 51.4 Å². The van der Waals surface area contributed by atoms with E-state index in [0.29, 0.717) is 60.2 Å². The van der Waals surface area contributed by atoms with Crippen molar-refractivity contribution in [1.29, 1.82) is 0 Å². The summed E-state index contributed by atoms with van der Waals surface area (Å²) in [5.41, 5.74) is 9.08. The predicted molar refractivity (Wildman–Crippen MR) is 139 cm³/mol. The largest absolute Gasteiger partial charge is 0.450 e. The third-order valence-electron chi connectivity index (χ3n) is 4.97. The molecule has 1 heterocycles. The van der Waals surface area contributed by atoms with Crippen molar-refractivity contribution in [1.82, 2.24) is 4.98 Å². The van der Waals surface area contributed by atoms with Crippen LogP contribution >= 0.6 is 11.3 Å². The summed E-state index contributed by atoms with van der Waals surface area (Å²) in [6.07, 6.45) is 2.32. The Hall–Kier alpha value is -3.92. The van der Waals surface area contributed by atoms with E-state index in [1.807, 2.05) is 29.6 Å². The summed E-state index contributed by atoms with van der Waals surface area (Å²) in [5, 5.41) is 10.6. The standard InChI is InChI=1S/C25H29N5O4S/c1-2-34-25(33)27-18-10-8-9-17(15-18)21-16-35-24(29-21)30-23(32)14-5-3-4-13-22(31)28-20-12-7-6-11-19(20)26/h6-12,15-16H,2-5,13-14,26H2,1H3,(H,27,33)(H,28,31)(H,29,30,32). The molecule has 1 aromatic heterocycles. The quantitative estimate of drug-likeness (QED) is 0.205. The minimum Gasteiger partial charge on any atom is -0.450 e. The molecule has 0 spiro atoms. The molecule has 0 aliphatic carbocycles. The summed E-state index contributed by atoms with van der Waals surface area (Å²) in [6, 6.07) is 14.4. The van der Waals surface area contributed by atoms with Crippen molar-refractivity contribution < 1.29 is 19.1 Å². The van der Waals surface area contributed by atoms with Gasteiger partial charge in [-0.1, -0.05) is 30.7 Å². The van der Waals surface area contributed by atoms with Crippen LogP contribution in [-0.4, -0.2) is 29.5 Å². The van der Waals surface area contributed by atoms with Gasteiger partial charge in [0.05, 0.1) is 23.7 Å². The number of thiazole rings is 1. The first kappa shape index (κ1) is 25.7. The number of hydrogen-bond acceptors (Lipinski definition) is 7. The Morgan fingerprint density at radius 2 is 1.69 bits per heavy atom. The van der Waals surface area contributed by atoms with Crippen LogP contribution in [0.2, 0.25) is 0 Å². The first-order chi connectivity index (χ1) is 16.9. The highest BCUT2D eigenvalue weighted by Gasteiger charge is 2.10. The summed E-state index contributed by atoms with van der Waals surface area (Å²) in [4.78, 5) is 40.4. The zero-order valence-electron chi connectivity index (χ0n) is 19.5. The molecular formula is C25H29N5O4S. The van der Waals surface area contributed by atoms with Crippen LogP contribution in [0.15, 0.2) is 53.9 Å². The number of nitrogen functional groups attached to an aromatic ring is 1. The first-order valence-electron chi connectivity index (χ1n) is 11.4. The van der Waals surface area contributed by atoms with Crippen LogP contribution in [0.1, 0.15) is 39.0 Å². The third-order valence-corrected chi connectivity index (χ3v) is 5.73. The van der Waals surface area contributed by atoms with Crippen molar-refractivity contribution in [2.45, 2.75) is 39.0 Å². The number of unbranched alkanes of at least 4 members (excludes halogenated alkanes) is 2. The molecule has 0 aliphatic heterocycles. The molecule has 0 bridgehead atoms. The summed E-state index contributed by atoms with van der Waals surface area (Å²) in [5.74, 6) is -0.214. The predicted octanol–water partition coefficient (Wildman–Crippen LogP) is 5.49. The van der Waals surface area contributed by atoms with Gasteiger partial charge in [0.1, 0.15) is 0 Å². The smallest absolute Gasteiger partial charge is 0.411 e. The van der Waals surface area contributed by atoms with Crippen LogP contribution in [0.3, 0.4) is 0 Å². The molecule has 2 aromatic carbocycles. The summed E-state index contributed by atoms with van der Waals surface area (Å²) < 4.78 is 4.89. The van der Waals surface area contributed by atoms with Gasteiger partial charge in [-0.2, -0.15) is 0 Å². The van der Waals surface area contributed by atoms with Gasteiger partial charge < -0.3 is 21.1 Å². The Labute approximate surface area is 208 Å². The van der Waals surface area contributed by atoms with E-state index in [9.17, 15) is 14.4 Å². The van der Waals surface area contributed by atoms with E-state index in [4.69, 9.17) is 10.5 Å². The number of carbonyl (C=O) groups excluding carboxylic acids is 3. The normalized spacial score (nSPS) is 10.4. The number of para-hydroxylation sites is 2. The lowest BCUT2D eigenvalue weighted by atomic mass is 10.1. The lowest BCUT2D eigenvalue weighted by Crippen LogP contribution is -2.13. The van der Waals surface area contributed by atoms with Gasteiger partial charge in [-0.15, -0.1) is 11.3 Å². The van der Waals surface area contributed by atoms with E-state index in [1.54, 1.807) is 31.2 Å². The minimum absolute atomic E-state index is 0.0933. The number of carbonyl (C=O) groups is 3. The molecule has 0 unspecified atom stereocenters. The van der Waals surface area contributed by atoms with Crippen molar-refractivity contribution in [2.24, 2.45) is 0 Å². The maximum Gasteiger partial charge on any atom is 0.411 e. The lowest BCUT2D eigenvalue weighted by molar-refractivity contribution is -0.116. The fourth-order valence-corrected chi connectivity index (χ4v) is 3.99. The van der Waals surface area contributed by atoms with Gasteiger partial charge in [0.15, 0.2) is 5.13 Å². The number of aromatic nitrogens is 1. The molecule has 3 rings (SSSR count). The van der Waals surface area contributed by atoms with Crippen LogP contribution in [0.4, 0.5) is 27.0 Å². The van der Waals surface area contributed by atoms with Crippen LogP contribution in [-0.2, 0) is 14.3 Å². The molecule has 0 aliphatic rings. The highest BCUT2D eigenvalue weighted by molar-refractivity contribution is 7.14. The van der Waals surface area contributed by atoms with Crippen molar-refractivity contribution in [2.75, 3.05) is 28.3 Å². The van der Waals surface area contributed by atoms with Crippen LogP contribution < -0.4 is 21.7 Å². The Bertz CT molecular complexity index is 1160. The fraction of sp³-hybridized carbons (Fsp3) is 0.280. The summed E-state index contributed by atoms with van der Waals surface area (Å²) in [6.45, 7) is 2.03. The molecule has 5 N–H and O–H groups in total. The van der Waals surface area contributed by atoms with Gasteiger partial charge in [0.2, 0.25) is 11.8 Å². The van der Waals surface area contributed by atoms with Gasteiger partial charge in [0, 0.05) is 29.5 Å². The van der Waals surface area contributed by atoms with Crippen LogP contribution in [0.25, 0.3) is 11.3 Å². The Kier molecular flexibility index (Phi) is 9.61. The SMILES string of the molecule is CCOC(=O)Nc1cccc(-c2csc(NC(=O)CCCCCC(=O)Nc3ccccc3N)n2)c1. The Morgan fingerprint density at radius 3 is 2.43 bits per heavy atom. The van der Waals surface area contributed by atoms with E-state index in [2.05, 4.69) is 20.9 Å². The van der Waals surface area contributed by atoms with Crippen molar-refractivity contribution in [3.05, 3.63) is 53.9 Å². The molecule has 10 heteroatoms. The number of anilines is 4. The van der Waals surface area contributed by atoms with E-state index in [1.165, 1.54) is 11.3 Å². The number of hydrogen-bond donors (Lipinski definition) is 4. The zero-order chi connectivity index (χ0) is 25.0. The molecular weight excluding hydrogens is 466 g/mol. The molecule has 3 amide bonds. The average molecular weight is 496 g/mol. The number of ether oxygens (including phenoxy) is 1. The lowest BCUT2D eigenvalue weighted by Gasteiger charge is -2.07. The minimum atomic E-state index is -0.516. The van der Waals surface area contributed by atoms with Crippen LogP contribution in [0.5, 0.6) is 0 Å². The highest BCUT2D eigenvalue weighted by Crippen LogP contribution is 2.27. The molecule has 0 saturated carbocycles. The monoisotopic (exact) mass is 495 g/mol. The number of nitrogens with zero attached hydrogens (tertiary/aromatic N) is 1. The van der Waals surface area contributed by atoms with Crippen molar-refractivity contribution in [3.8, 4) is 11.3 Å². The van der Waals surface area contributed by atoms with E-state index in [0.717, 1.165) is 12.0 Å². The zero-order valence-corrected chi connectivity index (χ0v) is 20.3. The second-order valence-corrected chi connectivity index (χ2v) is 8.57. The Morgan fingerprint density at radius 1 is 0.943 bits per heavy atom. The average Bonchev–Trinajstić information content (AvgIpc) is 3.29. The molecule has 3 aromatic rings. The second kappa shape index (κ2) is 13.1. The maximum absolute atomic E-state index is 12.3. The number of amides is 3. The fourth-order valence-electron chi connectivity index (χ4n) is 3.26. The first-order valence-corrected chi connectivity index (χ1v) is 12.3. The van der Waals surface area contributed by atoms with E-state index in [-0.39, 0.29) is 11.8 Å². The number of nitrogens with two attached hydrogens (primary N) is 1. The Balaban J connectivity index is 1.38. The number of nitrogens with one attached hydrogen (secondary N) is 3. The van der Waals surface area contributed by atoms with Gasteiger partial charge in [-0.25, -0.2) is 9.78 Å². The molecule has 9 nitrogen and oxygen atoms in total. The molecule has 184 valence electrons. The molecule has 0 atom stereocenters. The van der Waals surface area contributed by atoms with Crippen LogP contribution in [0, 0.1) is 0 Å². The van der Waals surface area contributed by atoms with E-state index >= 15 is 0 Å². The third kappa shape index (κ3) is 8.42. The van der Waals surface area contributed by atoms with Gasteiger partial charge in [-0.05, 0) is 44.0 Å². The number of rotatable bonds is 11. The summed E-state index contributed by atoms with van der Waals surface area (Å²) >= 11 is 1.33. The van der Waals surface area contributed by atoms with Gasteiger partial charge in [-0.3, -0.25) is 14.9 Å². The summed E-state index contributed by atoms with van der Waals surface area (Å²) in [7, 11) is 0. The molecule has 0 saturated heterocycles. The number of benzene rings is 2. The molecule has 0 fully saturated rings. The van der Waals surface area contributed by atoms with E-state index < -0.39 is 6.09 Å². The maximum atomic E-state index is 12.3. The second-order valence-electron chi connectivity index (χ2n) is 7.71. The highest BCUT2D eigenvalue weighted by atomic mass is 32.1. The van der Waals surface area contributed by atoms with Gasteiger partial charge >= 0.3 is 6.09 Å². The molecule has 35 heavy (non-hydrogen) atoms. The van der Waals surface area contributed by atoms with Crippen molar-refractivity contribution in [3.63, 3.8) is 0 Å².